The summed E-state index contributed by atoms with van der Waals surface area (Å²) < 4.78 is 2.15. The van der Waals surface area contributed by atoms with Gasteiger partial charge >= 0.3 is 0 Å². The molecule has 0 atom stereocenters. The van der Waals surface area contributed by atoms with E-state index in [0.29, 0.717) is 18.6 Å². The summed E-state index contributed by atoms with van der Waals surface area (Å²) in [5.74, 6) is 0. The number of carbonyl (C=O) groups excluding carboxylic acids is 1. The molecule has 3 N–H and O–H groups in total. The van der Waals surface area contributed by atoms with Gasteiger partial charge in [0.15, 0.2) is 5.69 Å². The number of aromatic nitrogens is 1. The normalized spacial score (nSPS) is 10.6. The summed E-state index contributed by atoms with van der Waals surface area (Å²) in [7, 11) is 0. The van der Waals surface area contributed by atoms with Gasteiger partial charge in [-0.3, -0.25) is 4.79 Å². The molecule has 0 radical (unpaired) electrons. The van der Waals surface area contributed by atoms with Crippen LogP contribution in [0.4, 0.5) is 17.1 Å². The zero-order valence-electron chi connectivity index (χ0n) is 16.0. The smallest absolute Gasteiger partial charge is 0.211 e. The monoisotopic (exact) mass is 380 g/mol. The first-order valence-corrected chi connectivity index (χ1v) is 9.26. The predicted octanol–water partition coefficient (Wildman–Crippen LogP) is 5.37. The van der Waals surface area contributed by atoms with Gasteiger partial charge in [-0.05, 0) is 53.3 Å². The lowest BCUT2D eigenvalue weighted by Crippen LogP contribution is -2.03. The van der Waals surface area contributed by atoms with Gasteiger partial charge in [-0.25, -0.2) is 4.85 Å². The van der Waals surface area contributed by atoms with Crippen LogP contribution in [0.5, 0.6) is 0 Å². The Morgan fingerprint density at radius 2 is 1.93 bits per heavy atom. The molecule has 3 aromatic carbocycles. The minimum atomic E-state index is 0.590. The molecule has 0 saturated carbocycles. The Balaban J connectivity index is 1.92. The maximum Gasteiger partial charge on any atom is 0.211 e. The van der Waals surface area contributed by atoms with Crippen LogP contribution in [-0.2, 0) is 11.3 Å². The van der Waals surface area contributed by atoms with Crippen molar-refractivity contribution in [3.8, 4) is 11.1 Å². The van der Waals surface area contributed by atoms with Crippen LogP contribution in [0.3, 0.4) is 0 Å². The van der Waals surface area contributed by atoms with Crippen molar-refractivity contribution in [1.82, 2.24) is 4.57 Å². The third kappa shape index (κ3) is 3.32. The number of carbonyl (C=O) groups is 1. The molecule has 4 rings (SSSR count). The largest absolute Gasteiger partial charge is 0.398 e. The number of hydrogen-bond acceptors (Lipinski definition) is 2. The maximum absolute atomic E-state index is 11.0. The molecule has 0 aliphatic rings. The number of nitrogens with zero attached hydrogens (tertiary/aromatic N) is 2. The van der Waals surface area contributed by atoms with Crippen molar-refractivity contribution in [3.05, 3.63) is 89.4 Å². The Hall–Kier alpha value is -4.04. The van der Waals surface area contributed by atoms with E-state index in [1.807, 2.05) is 61.5 Å². The molecule has 0 aliphatic heterocycles. The van der Waals surface area contributed by atoms with Gasteiger partial charge in [0.1, 0.15) is 0 Å². The number of amides is 1. The number of anilines is 2. The SMILES string of the molecule is [C-]#[N+]c1ccc2c(c1)c(-c1cccc(N)c1C)cn2Cc1ccccc1NC=O. The Morgan fingerprint density at radius 1 is 1.10 bits per heavy atom. The predicted molar refractivity (Wildman–Crippen MR) is 118 cm³/mol. The quantitative estimate of drug-likeness (QED) is 0.278. The van der Waals surface area contributed by atoms with E-state index in [-0.39, 0.29) is 0 Å². The van der Waals surface area contributed by atoms with E-state index in [9.17, 15) is 4.79 Å². The van der Waals surface area contributed by atoms with Crippen LogP contribution in [0.25, 0.3) is 26.9 Å². The molecule has 5 nitrogen and oxygen atoms in total. The second-order valence-electron chi connectivity index (χ2n) is 6.92. The third-order valence-corrected chi connectivity index (χ3v) is 5.23. The van der Waals surface area contributed by atoms with Gasteiger partial charge in [-0.15, -0.1) is 0 Å². The minimum Gasteiger partial charge on any atom is -0.398 e. The van der Waals surface area contributed by atoms with Crippen molar-refractivity contribution in [2.75, 3.05) is 11.1 Å². The summed E-state index contributed by atoms with van der Waals surface area (Å²) in [4.78, 5) is 14.6. The zero-order chi connectivity index (χ0) is 20.4. The van der Waals surface area contributed by atoms with Gasteiger partial charge in [-0.1, -0.05) is 36.4 Å². The summed E-state index contributed by atoms with van der Waals surface area (Å²) in [6.07, 6.45) is 2.79. The van der Waals surface area contributed by atoms with Crippen LogP contribution in [0, 0.1) is 13.5 Å². The first kappa shape index (κ1) is 18.3. The lowest BCUT2D eigenvalue weighted by molar-refractivity contribution is -0.105. The molecule has 0 saturated heterocycles. The molecule has 1 aromatic heterocycles. The third-order valence-electron chi connectivity index (χ3n) is 5.23. The molecule has 0 aliphatic carbocycles. The van der Waals surface area contributed by atoms with Crippen molar-refractivity contribution in [2.45, 2.75) is 13.5 Å². The van der Waals surface area contributed by atoms with Crippen LogP contribution < -0.4 is 11.1 Å². The van der Waals surface area contributed by atoms with Crippen molar-refractivity contribution in [3.63, 3.8) is 0 Å². The highest BCUT2D eigenvalue weighted by Crippen LogP contribution is 2.37. The summed E-state index contributed by atoms with van der Waals surface area (Å²) >= 11 is 0. The van der Waals surface area contributed by atoms with Gasteiger partial charge in [0, 0.05) is 35.2 Å². The van der Waals surface area contributed by atoms with Gasteiger partial charge in [0.25, 0.3) is 0 Å². The highest BCUT2D eigenvalue weighted by molar-refractivity contribution is 5.99. The number of hydrogen-bond donors (Lipinski definition) is 2. The van der Waals surface area contributed by atoms with Crippen molar-refractivity contribution in [1.29, 1.82) is 0 Å². The van der Waals surface area contributed by atoms with E-state index in [1.54, 1.807) is 0 Å². The van der Waals surface area contributed by atoms with Crippen LogP contribution in [0.15, 0.2) is 66.9 Å². The lowest BCUT2D eigenvalue weighted by atomic mass is 9.99. The topological polar surface area (TPSA) is 64.4 Å². The first-order valence-electron chi connectivity index (χ1n) is 9.26. The molecule has 1 amide bonds. The average Bonchev–Trinajstić information content (AvgIpc) is 3.09. The molecule has 0 spiro atoms. The number of fused-ring (bicyclic) bond motifs is 1. The van der Waals surface area contributed by atoms with Crippen LogP contribution in [-0.4, -0.2) is 11.0 Å². The van der Waals surface area contributed by atoms with Gasteiger partial charge in [0.2, 0.25) is 6.41 Å². The summed E-state index contributed by atoms with van der Waals surface area (Å²) in [6, 6.07) is 19.4. The number of nitrogens with two attached hydrogens (primary N) is 1. The Bertz CT molecular complexity index is 1260. The summed E-state index contributed by atoms with van der Waals surface area (Å²) in [5, 5.41) is 3.77. The number of nitrogen functional groups attached to an aromatic ring is 1. The zero-order valence-corrected chi connectivity index (χ0v) is 16.0. The summed E-state index contributed by atoms with van der Waals surface area (Å²) in [6.45, 7) is 9.99. The minimum absolute atomic E-state index is 0.590. The Morgan fingerprint density at radius 3 is 2.72 bits per heavy atom. The Labute approximate surface area is 169 Å². The molecule has 5 heteroatoms. The summed E-state index contributed by atoms with van der Waals surface area (Å²) in [5.41, 5.74) is 13.4. The maximum atomic E-state index is 11.0. The second-order valence-corrected chi connectivity index (χ2v) is 6.92. The van der Waals surface area contributed by atoms with E-state index in [0.717, 1.165) is 44.5 Å². The van der Waals surface area contributed by atoms with Crippen molar-refractivity contribution in [2.24, 2.45) is 0 Å². The lowest BCUT2D eigenvalue weighted by Gasteiger charge is -2.10. The van der Waals surface area contributed by atoms with Gasteiger partial charge in [-0.2, -0.15) is 0 Å². The molecule has 29 heavy (non-hydrogen) atoms. The standard InChI is InChI=1S/C24H20N4O/c1-16-19(7-5-8-22(16)25)21-14-28(24-11-10-18(26-2)12-20(21)24)13-17-6-3-4-9-23(17)27-15-29/h3-12,14-15H,13,25H2,1H3,(H,27,29). The van der Waals surface area contributed by atoms with Gasteiger partial charge < -0.3 is 15.6 Å². The van der Waals surface area contributed by atoms with E-state index >= 15 is 0 Å². The van der Waals surface area contributed by atoms with E-state index < -0.39 is 0 Å². The second kappa shape index (κ2) is 7.53. The van der Waals surface area contributed by atoms with E-state index in [1.165, 1.54) is 0 Å². The van der Waals surface area contributed by atoms with Crippen LogP contribution >= 0.6 is 0 Å². The molecule has 0 fully saturated rings. The Kier molecular flexibility index (Phi) is 4.76. The fourth-order valence-electron chi connectivity index (χ4n) is 3.69. The van der Waals surface area contributed by atoms with Crippen molar-refractivity contribution < 1.29 is 4.79 Å². The van der Waals surface area contributed by atoms with E-state index in [4.69, 9.17) is 12.3 Å². The highest BCUT2D eigenvalue weighted by Gasteiger charge is 2.15. The molecular formula is C24H20N4O. The average molecular weight is 380 g/mol. The molecule has 0 unspecified atom stereocenters. The highest BCUT2D eigenvalue weighted by atomic mass is 16.1. The van der Waals surface area contributed by atoms with E-state index in [2.05, 4.69) is 27.0 Å². The molecule has 0 bridgehead atoms. The molecule has 142 valence electrons. The number of rotatable bonds is 5. The number of para-hydroxylation sites is 1. The number of nitrogens with one attached hydrogen (secondary N) is 1. The first-order chi connectivity index (χ1) is 14.1. The number of benzene rings is 3. The van der Waals surface area contributed by atoms with Crippen LogP contribution in [0.1, 0.15) is 11.1 Å². The fourth-order valence-corrected chi connectivity index (χ4v) is 3.69. The van der Waals surface area contributed by atoms with Gasteiger partial charge in [0.05, 0.1) is 6.57 Å². The van der Waals surface area contributed by atoms with Crippen LogP contribution in [0.2, 0.25) is 0 Å². The molecular weight excluding hydrogens is 360 g/mol. The molecule has 4 aromatic rings. The van der Waals surface area contributed by atoms with Crippen molar-refractivity contribution >= 4 is 34.4 Å². The fraction of sp³-hybridized carbons (Fsp3) is 0.0833. The molecule has 1 heterocycles.